The Labute approximate surface area is 169 Å². The van der Waals surface area contributed by atoms with Gasteiger partial charge in [0.05, 0.1) is 14.2 Å². The molecular weight excluding hydrogens is 374 g/mol. The van der Waals surface area contributed by atoms with E-state index >= 15 is 0 Å². The average Bonchev–Trinajstić information content (AvgIpc) is 2.67. The number of amides is 2. The quantitative estimate of drug-likeness (QED) is 0.774. The summed E-state index contributed by atoms with van der Waals surface area (Å²) in [5.74, 6) is 0.472. The lowest BCUT2D eigenvalue weighted by molar-refractivity contribution is -0.126. The molecular formula is C21H25N3O5. The molecule has 2 amide bonds. The van der Waals surface area contributed by atoms with E-state index in [9.17, 15) is 14.7 Å². The van der Waals surface area contributed by atoms with E-state index in [-0.39, 0.29) is 30.8 Å². The molecule has 154 valence electrons. The third kappa shape index (κ3) is 3.70. The van der Waals surface area contributed by atoms with Crippen LogP contribution < -0.4 is 14.8 Å². The number of pyridine rings is 1. The van der Waals surface area contributed by atoms with E-state index in [2.05, 4.69) is 24.1 Å². The van der Waals surface area contributed by atoms with Crippen LogP contribution in [0.1, 0.15) is 30.9 Å². The standard InChI is InChI=1S/C21H25N3O5/c1-13(2)14-7-5-6-8-15(14)21(11-24(12-21)20(26)27)19(25)22-16-9-10-17(28-3)23-18(16)29-4/h5-10,13H,11-12H2,1-4H3,(H,22,25)(H,26,27). The van der Waals surface area contributed by atoms with Crippen molar-refractivity contribution in [2.45, 2.75) is 25.2 Å². The van der Waals surface area contributed by atoms with Gasteiger partial charge in [0.2, 0.25) is 17.7 Å². The van der Waals surface area contributed by atoms with Crippen LogP contribution in [0.2, 0.25) is 0 Å². The van der Waals surface area contributed by atoms with Crippen LogP contribution in [-0.4, -0.2) is 54.3 Å². The topological polar surface area (TPSA) is 101 Å². The highest BCUT2D eigenvalue weighted by atomic mass is 16.5. The van der Waals surface area contributed by atoms with Crippen LogP contribution in [0.25, 0.3) is 0 Å². The van der Waals surface area contributed by atoms with E-state index in [0.717, 1.165) is 11.1 Å². The molecule has 0 unspecified atom stereocenters. The number of carbonyl (C=O) groups is 2. The van der Waals surface area contributed by atoms with Crippen LogP contribution in [0.4, 0.5) is 10.5 Å². The number of hydrogen-bond donors (Lipinski definition) is 2. The number of likely N-dealkylation sites (tertiary alicyclic amines) is 1. The minimum absolute atomic E-state index is 0.0871. The molecule has 0 aliphatic carbocycles. The smallest absolute Gasteiger partial charge is 0.407 e. The third-order valence-corrected chi connectivity index (χ3v) is 5.21. The lowest BCUT2D eigenvalue weighted by atomic mass is 9.70. The second-order valence-corrected chi connectivity index (χ2v) is 7.33. The summed E-state index contributed by atoms with van der Waals surface area (Å²) in [7, 11) is 2.95. The average molecular weight is 399 g/mol. The van der Waals surface area contributed by atoms with Gasteiger partial charge >= 0.3 is 6.09 Å². The molecule has 2 aromatic rings. The van der Waals surface area contributed by atoms with Gasteiger partial charge in [0.1, 0.15) is 11.1 Å². The van der Waals surface area contributed by atoms with Crippen LogP contribution in [0.3, 0.4) is 0 Å². The van der Waals surface area contributed by atoms with Gasteiger partial charge in [0, 0.05) is 19.2 Å². The Balaban J connectivity index is 1.99. The van der Waals surface area contributed by atoms with E-state index in [1.54, 1.807) is 12.1 Å². The summed E-state index contributed by atoms with van der Waals surface area (Å²) in [5.41, 5.74) is 1.27. The SMILES string of the molecule is COc1ccc(NC(=O)C2(c3ccccc3C(C)C)CN(C(=O)O)C2)c(OC)n1. The fourth-order valence-electron chi connectivity index (χ4n) is 3.64. The van der Waals surface area contributed by atoms with Crippen molar-refractivity contribution in [3.63, 3.8) is 0 Å². The molecule has 8 nitrogen and oxygen atoms in total. The highest BCUT2D eigenvalue weighted by Crippen LogP contribution is 2.40. The zero-order valence-corrected chi connectivity index (χ0v) is 16.9. The molecule has 3 rings (SSSR count). The van der Waals surface area contributed by atoms with Crippen molar-refractivity contribution < 1.29 is 24.2 Å². The number of anilines is 1. The van der Waals surface area contributed by atoms with Crippen molar-refractivity contribution in [3.05, 3.63) is 47.5 Å². The summed E-state index contributed by atoms with van der Waals surface area (Å²) < 4.78 is 10.4. The number of hydrogen-bond acceptors (Lipinski definition) is 5. The van der Waals surface area contributed by atoms with E-state index in [1.165, 1.54) is 19.1 Å². The maximum absolute atomic E-state index is 13.4. The van der Waals surface area contributed by atoms with Crippen LogP contribution in [0, 0.1) is 0 Å². The van der Waals surface area contributed by atoms with E-state index < -0.39 is 11.5 Å². The molecule has 1 aliphatic rings. The first-order valence-corrected chi connectivity index (χ1v) is 9.30. The molecule has 1 aromatic heterocycles. The number of nitrogens with zero attached hydrogens (tertiary/aromatic N) is 2. The molecule has 1 saturated heterocycles. The molecule has 0 saturated carbocycles. The minimum atomic E-state index is -1.04. The molecule has 1 aliphatic heterocycles. The van der Waals surface area contributed by atoms with Gasteiger partial charge in [0.25, 0.3) is 0 Å². The molecule has 0 atom stereocenters. The van der Waals surface area contributed by atoms with Gasteiger partial charge in [-0.3, -0.25) is 4.79 Å². The Morgan fingerprint density at radius 3 is 2.41 bits per heavy atom. The van der Waals surface area contributed by atoms with Crippen molar-refractivity contribution >= 4 is 17.7 Å². The van der Waals surface area contributed by atoms with Crippen LogP contribution in [-0.2, 0) is 10.2 Å². The number of benzene rings is 1. The second-order valence-electron chi connectivity index (χ2n) is 7.33. The molecule has 2 N–H and O–H groups in total. The summed E-state index contributed by atoms with van der Waals surface area (Å²) in [4.78, 5) is 30.3. The first-order chi connectivity index (χ1) is 13.8. The van der Waals surface area contributed by atoms with E-state index in [1.807, 2.05) is 24.3 Å². The molecule has 1 aromatic carbocycles. The molecule has 0 spiro atoms. The second kappa shape index (κ2) is 7.98. The number of carbonyl (C=O) groups excluding carboxylic acids is 1. The van der Waals surface area contributed by atoms with Gasteiger partial charge in [-0.1, -0.05) is 38.1 Å². The Kier molecular flexibility index (Phi) is 5.63. The predicted molar refractivity (Wildman–Crippen MR) is 108 cm³/mol. The molecule has 8 heteroatoms. The summed E-state index contributed by atoms with van der Waals surface area (Å²) in [6.45, 7) is 4.27. The number of aromatic nitrogens is 1. The zero-order chi connectivity index (χ0) is 21.2. The Morgan fingerprint density at radius 1 is 1.14 bits per heavy atom. The van der Waals surface area contributed by atoms with Crippen molar-refractivity contribution in [3.8, 4) is 11.8 Å². The fourth-order valence-corrected chi connectivity index (χ4v) is 3.64. The summed E-state index contributed by atoms with van der Waals surface area (Å²) in [5, 5.41) is 12.2. The molecule has 2 heterocycles. The highest BCUT2D eigenvalue weighted by Gasteiger charge is 2.53. The Hall–Kier alpha value is -3.29. The zero-order valence-electron chi connectivity index (χ0n) is 16.9. The maximum Gasteiger partial charge on any atom is 0.407 e. The van der Waals surface area contributed by atoms with Gasteiger partial charge in [0.15, 0.2) is 0 Å². The van der Waals surface area contributed by atoms with Gasteiger partial charge in [-0.15, -0.1) is 0 Å². The minimum Gasteiger partial charge on any atom is -0.481 e. The molecule has 1 fully saturated rings. The predicted octanol–water partition coefficient (Wildman–Crippen LogP) is 3.09. The maximum atomic E-state index is 13.4. The third-order valence-electron chi connectivity index (χ3n) is 5.21. The normalized spacial score (nSPS) is 14.9. The lowest BCUT2D eigenvalue weighted by Crippen LogP contribution is -2.66. The fraction of sp³-hybridized carbons (Fsp3) is 0.381. The number of ether oxygens (including phenoxy) is 2. The number of carboxylic acid groups (broad SMARTS) is 1. The first kappa shape index (κ1) is 20.4. The van der Waals surface area contributed by atoms with E-state index in [4.69, 9.17) is 9.47 Å². The first-order valence-electron chi connectivity index (χ1n) is 9.30. The van der Waals surface area contributed by atoms with Gasteiger partial charge in [-0.25, -0.2) is 4.79 Å². The van der Waals surface area contributed by atoms with Crippen molar-refractivity contribution in [1.82, 2.24) is 9.88 Å². The summed E-state index contributed by atoms with van der Waals surface area (Å²) in [6.07, 6.45) is -1.04. The van der Waals surface area contributed by atoms with Crippen molar-refractivity contribution in [2.24, 2.45) is 0 Å². The van der Waals surface area contributed by atoms with Crippen molar-refractivity contribution in [1.29, 1.82) is 0 Å². The van der Waals surface area contributed by atoms with Crippen LogP contribution >= 0.6 is 0 Å². The van der Waals surface area contributed by atoms with Crippen LogP contribution in [0.5, 0.6) is 11.8 Å². The summed E-state index contributed by atoms with van der Waals surface area (Å²) in [6, 6.07) is 10.9. The number of nitrogens with one attached hydrogen (secondary N) is 1. The molecule has 0 bridgehead atoms. The van der Waals surface area contributed by atoms with Gasteiger partial charge in [-0.2, -0.15) is 4.98 Å². The Morgan fingerprint density at radius 2 is 1.83 bits per heavy atom. The van der Waals surface area contributed by atoms with E-state index in [0.29, 0.717) is 11.6 Å². The monoisotopic (exact) mass is 399 g/mol. The van der Waals surface area contributed by atoms with Crippen molar-refractivity contribution in [2.75, 3.05) is 32.6 Å². The molecule has 29 heavy (non-hydrogen) atoms. The summed E-state index contributed by atoms with van der Waals surface area (Å²) >= 11 is 0. The lowest BCUT2D eigenvalue weighted by Gasteiger charge is -2.48. The van der Waals surface area contributed by atoms with Gasteiger partial charge < -0.3 is 24.8 Å². The molecule has 0 radical (unpaired) electrons. The Bertz CT molecular complexity index is 922. The van der Waals surface area contributed by atoms with Crippen LogP contribution in [0.15, 0.2) is 36.4 Å². The highest BCUT2D eigenvalue weighted by molar-refractivity contribution is 6.02. The number of methoxy groups -OCH3 is 2. The number of rotatable bonds is 6. The largest absolute Gasteiger partial charge is 0.481 e. The van der Waals surface area contributed by atoms with Gasteiger partial charge in [-0.05, 0) is 23.1 Å².